The molecule has 1 aromatic rings. The molecule has 1 fully saturated rings. The van der Waals surface area contributed by atoms with Crippen molar-refractivity contribution in [3.63, 3.8) is 0 Å². The number of hydrogen-bond acceptors (Lipinski definition) is 5. The van der Waals surface area contributed by atoms with Crippen molar-refractivity contribution < 1.29 is 4.74 Å². The predicted molar refractivity (Wildman–Crippen MR) is 78.4 cm³/mol. The average molecular weight is 264 g/mol. The summed E-state index contributed by atoms with van der Waals surface area (Å²) in [5.74, 6) is 0.558. The highest BCUT2D eigenvalue weighted by molar-refractivity contribution is 5.48. The zero-order valence-corrected chi connectivity index (χ0v) is 12.3. The van der Waals surface area contributed by atoms with Gasteiger partial charge in [-0.05, 0) is 40.1 Å². The highest BCUT2D eigenvalue weighted by Crippen LogP contribution is 2.25. The van der Waals surface area contributed by atoms with Crippen LogP contribution >= 0.6 is 0 Å². The van der Waals surface area contributed by atoms with E-state index in [2.05, 4.69) is 42.7 Å². The van der Waals surface area contributed by atoms with Gasteiger partial charge >= 0.3 is 0 Å². The summed E-state index contributed by atoms with van der Waals surface area (Å²) in [7, 11) is 4.18. The smallest absolute Gasteiger partial charge is 0.123 e. The van der Waals surface area contributed by atoms with E-state index < -0.39 is 0 Å². The molecule has 1 aromatic heterocycles. The maximum absolute atomic E-state index is 5.95. The highest BCUT2D eigenvalue weighted by Gasteiger charge is 2.36. The van der Waals surface area contributed by atoms with Crippen LogP contribution in [0.5, 0.6) is 0 Å². The zero-order valence-electron chi connectivity index (χ0n) is 12.3. The van der Waals surface area contributed by atoms with Crippen molar-refractivity contribution in [1.29, 1.82) is 0 Å². The van der Waals surface area contributed by atoms with Gasteiger partial charge in [-0.25, -0.2) is 4.98 Å². The second kappa shape index (κ2) is 5.35. The summed E-state index contributed by atoms with van der Waals surface area (Å²) >= 11 is 0. The van der Waals surface area contributed by atoms with Gasteiger partial charge in [-0.1, -0.05) is 0 Å². The van der Waals surface area contributed by atoms with E-state index in [9.17, 15) is 0 Å². The van der Waals surface area contributed by atoms with Crippen LogP contribution < -0.4 is 10.6 Å². The van der Waals surface area contributed by atoms with Crippen LogP contribution in [0, 0.1) is 0 Å². The quantitative estimate of drug-likeness (QED) is 0.889. The summed E-state index contributed by atoms with van der Waals surface area (Å²) in [6.07, 6.45) is 2.01. The molecule has 0 radical (unpaired) electrons. The molecule has 0 bridgehead atoms. The van der Waals surface area contributed by atoms with E-state index in [-0.39, 0.29) is 11.6 Å². The molecule has 106 valence electrons. The molecular formula is C14H24N4O. The fourth-order valence-corrected chi connectivity index (χ4v) is 2.18. The van der Waals surface area contributed by atoms with Crippen molar-refractivity contribution in [3.05, 3.63) is 18.3 Å². The van der Waals surface area contributed by atoms with E-state index in [0.717, 1.165) is 25.4 Å². The number of nitrogen functional groups attached to an aromatic ring is 1. The van der Waals surface area contributed by atoms with Crippen molar-refractivity contribution in [3.8, 4) is 0 Å². The zero-order chi connectivity index (χ0) is 14.0. The van der Waals surface area contributed by atoms with Gasteiger partial charge in [0.15, 0.2) is 0 Å². The van der Waals surface area contributed by atoms with Crippen molar-refractivity contribution >= 4 is 11.5 Å². The minimum absolute atomic E-state index is 0.0000926. The predicted octanol–water partition coefficient (Wildman–Crippen LogP) is 1.21. The molecule has 2 heterocycles. The molecular weight excluding hydrogens is 240 g/mol. The molecule has 1 aliphatic heterocycles. The Morgan fingerprint density at radius 2 is 2.16 bits per heavy atom. The van der Waals surface area contributed by atoms with Gasteiger partial charge in [-0.3, -0.25) is 0 Å². The lowest BCUT2D eigenvalue weighted by Gasteiger charge is -2.45. The minimum atomic E-state index is -0.0000926. The average Bonchev–Trinajstić information content (AvgIpc) is 2.39. The molecule has 2 N–H and O–H groups in total. The first kappa shape index (κ1) is 14.1. The van der Waals surface area contributed by atoms with Crippen molar-refractivity contribution in [2.24, 2.45) is 0 Å². The molecule has 0 saturated carbocycles. The van der Waals surface area contributed by atoms with Crippen LogP contribution in [0.2, 0.25) is 0 Å². The Morgan fingerprint density at radius 3 is 2.74 bits per heavy atom. The van der Waals surface area contributed by atoms with Gasteiger partial charge < -0.3 is 20.3 Å². The number of likely N-dealkylation sites (N-methyl/N-ethyl adjacent to an activating group) is 1. The topological polar surface area (TPSA) is 54.6 Å². The van der Waals surface area contributed by atoms with Gasteiger partial charge in [-0.2, -0.15) is 0 Å². The van der Waals surface area contributed by atoms with Crippen LogP contribution in [0.25, 0.3) is 0 Å². The number of nitrogens with zero attached hydrogens (tertiary/aromatic N) is 3. The standard InChI is InChI=1S/C14H24N4O/c1-14(2,17(3)4)12-10-18(7-8-19-12)11-5-6-13(15)16-9-11/h5-6,9,12H,7-8,10H2,1-4H3,(H2,15,16). The van der Waals surface area contributed by atoms with Gasteiger partial charge in [-0.15, -0.1) is 0 Å². The maximum Gasteiger partial charge on any atom is 0.123 e. The Balaban J connectivity index is 2.11. The fraction of sp³-hybridized carbons (Fsp3) is 0.643. The number of nitrogens with two attached hydrogens (primary N) is 1. The lowest BCUT2D eigenvalue weighted by molar-refractivity contribution is -0.0484. The van der Waals surface area contributed by atoms with E-state index in [1.165, 1.54) is 0 Å². The Kier molecular flexibility index (Phi) is 3.96. The molecule has 19 heavy (non-hydrogen) atoms. The second-order valence-corrected chi connectivity index (χ2v) is 5.79. The third-order valence-electron chi connectivity index (χ3n) is 4.14. The number of hydrogen-bond donors (Lipinski definition) is 1. The fourth-order valence-electron chi connectivity index (χ4n) is 2.18. The second-order valence-electron chi connectivity index (χ2n) is 5.79. The van der Waals surface area contributed by atoms with Crippen LogP contribution in [0.15, 0.2) is 18.3 Å². The number of anilines is 2. The molecule has 5 heteroatoms. The Morgan fingerprint density at radius 1 is 1.42 bits per heavy atom. The third-order valence-corrected chi connectivity index (χ3v) is 4.14. The Hall–Kier alpha value is -1.33. The molecule has 0 spiro atoms. The minimum Gasteiger partial charge on any atom is -0.384 e. The first-order valence-electron chi connectivity index (χ1n) is 6.67. The van der Waals surface area contributed by atoms with Crippen molar-refractivity contribution in [2.45, 2.75) is 25.5 Å². The molecule has 1 aliphatic rings. The monoisotopic (exact) mass is 264 g/mol. The number of pyridine rings is 1. The lowest BCUT2D eigenvalue weighted by atomic mass is 9.94. The molecule has 0 aromatic carbocycles. The van der Waals surface area contributed by atoms with Crippen LogP contribution in [0.3, 0.4) is 0 Å². The normalized spacial score (nSPS) is 20.9. The van der Waals surface area contributed by atoms with E-state index in [0.29, 0.717) is 5.82 Å². The SMILES string of the molecule is CN(C)C(C)(C)C1CN(c2ccc(N)nc2)CCO1. The first-order chi connectivity index (χ1) is 8.91. The molecule has 5 nitrogen and oxygen atoms in total. The number of morpholine rings is 1. The lowest BCUT2D eigenvalue weighted by Crippen LogP contribution is -2.57. The molecule has 1 unspecified atom stereocenters. The van der Waals surface area contributed by atoms with Gasteiger partial charge in [0.1, 0.15) is 5.82 Å². The summed E-state index contributed by atoms with van der Waals surface area (Å²) in [4.78, 5) is 8.68. The number of ether oxygens (including phenoxy) is 1. The van der Waals surface area contributed by atoms with E-state index in [4.69, 9.17) is 10.5 Å². The summed E-state index contributed by atoms with van der Waals surface area (Å²) in [6, 6.07) is 3.87. The Bertz CT molecular complexity index is 416. The molecule has 0 amide bonds. The van der Waals surface area contributed by atoms with Crippen molar-refractivity contribution in [2.75, 3.05) is 44.4 Å². The van der Waals surface area contributed by atoms with Crippen LogP contribution in [0.1, 0.15) is 13.8 Å². The van der Waals surface area contributed by atoms with Crippen LogP contribution in [0.4, 0.5) is 11.5 Å². The number of rotatable bonds is 3. The van der Waals surface area contributed by atoms with Crippen LogP contribution in [-0.4, -0.2) is 55.3 Å². The molecule has 2 rings (SSSR count). The molecule has 0 aliphatic carbocycles. The van der Waals surface area contributed by atoms with Crippen LogP contribution in [-0.2, 0) is 4.74 Å². The van der Waals surface area contributed by atoms with E-state index in [1.54, 1.807) is 0 Å². The summed E-state index contributed by atoms with van der Waals surface area (Å²) in [6.45, 7) is 6.93. The van der Waals surface area contributed by atoms with Gasteiger partial charge in [0, 0.05) is 18.6 Å². The van der Waals surface area contributed by atoms with E-state index in [1.807, 2.05) is 18.3 Å². The number of aromatic nitrogens is 1. The van der Waals surface area contributed by atoms with Gasteiger partial charge in [0.25, 0.3) is 0 Å². The highest BCUT2D eigenvalue weighted by atomic mass is 16.5. The van der Waals surface area contributed by atoms with Gasteiger partial charge in [0.2, 0.25) is 0 Å². The summed E-state index contributed by atoms with van der Waals surface area (Å²) < 4.78 is 5.95. The molecule has 1 saturated heterocycles. The first-order valence-corrected chi connectivity index (χ1v) is 6.67. The van der Waals surface area contributed by atoms with E-state index >= 15 is 0 Å². The third kappa shape index (κ3) is 2.98. The summed E-state index contributed by atoms with van der Waals surface area (Å²) in [5, 5.41) is 0. The van der Waals surface area contributed by atoms with Gasteiger partial charge in [0.05, 0.1) is 24.6 Å². The largest absolute Gasteiger partial charge is 0.384 e. The molecule has 1 atom stereocenters. The Labute approximate surface area is 115 Å². The maximum atomic E-state index is 5.95. The summed E-state index contributed by atoms with van der Waals surface area (Å²) in [5.41, 5.74) is 6.74. The van der Waals surface area contributed by atoms with Crippen molar-refractivity contribution in [1.82, 2.24) is 9.88 Å².